The van der Waals surface area contributed by atoms with E-state index in [1.807, 2.05) is 48.5 Å². The molecule has 2 unspecified atom stereocenters. The highest BCUT2D eigenvalue weighted by atomic mass is 16.3. The van der Waals surface area contributed by atoms with Crippen LogP contribution in [0.3, 0.4) is 0 Å². The lowest BCUT2D eigenvalue weighted by atomic mass is 9.94. The second-order valence-electron chi connectivity index (χ2n) is 11.7. The van der Waals surface area contributed by atoms with E-state index in [-0.39, 0.29) is 13.2 Å². The smallest absolute Gasteiger partial charge is 0.170 e. The average Bonchev–Trinajstić information content (AvgIpc) is 3.81. The fraction of sp³-hybridized carbons (Fsp3) is 0.167. The minimum Gasteiger partial charge on any atom is -0.396 e. The Hall–Kier alpha value is -5.58. The van der Waals surface area contributed by atoms with Gasteiger partial charge in [0.2, 0.25) is 0 Å². The number of aliphatic imine (C=N–C) groups is 2. The van der Waals surface area contributed by atoms with Crippen LogP contribution >= 0.6 is 0 Å². The second kappa shape index (κ2) is 10.5. The Balaban J connectivity index is 1.33. The van der Waals surface area contributed by atoms with E-state index in [2.05, 4.69) is 57.0 Å². The Labute approximate surface area is 263 Å². The third-order valence-corrected chi connectivity index (χ3v) is 9.05. The molecule has 226 valence electrons. The molecule has 10 nitrogen and oxygen atoms in total. The van der Waals surface area contributed by atoms with Gasteiger partial charge in [-0.05, 0) is 30.0 Å². The van der Waals surface area contributed by atoms with Crippen LogP contribution in [-0.2, 0) is 12.8 Å². The van der Waals surface area contributed by atoms with Gasteiger partial charge in [-0.25, -0.2) is 20.0 Å². The van der Waals surface area contributed by atoms with E-state index < -0.39 is 12.3 Å². The highest BCUT2D eigenvalue weighted by molar-refractivity contribution is 6.15. The molecule has 3 aliphatic rings. The summed E-state index contributed by atoms with van der Waals surface area (Å²) >= 11 is 0. The van der Waals surface area contributed by atoms with Gasteiger partial charge in [0.05, 0.1) is 0 Å². The first-order chi connectivity index (χ1) is 22.7. The number of aliphatic hydroxyl groups is 2. The van der Waals surface area contributed by atoms with Crippen molar-refractivity contribution in [2.75, 3.05) is 18.5 Å². The summed E-state index contributed by atoms with van der Waals surface area (Å²) < 4.78 is 0. The van der Waals surface area contributed by atoms with Crippen molar-refractivity contribution in [2.45, 2.75) is 25.2 Å². The topological polar surface area (TPSA) is 146 Å². The molecule has 2 aromatic heterocycles. The maximum atomic E-state index is 9.86. The zero-order valence-electron chi connectivity index (χ0n) is 24.7. The fourth-order valence-electron chi connectivity index (χ4n) is 6.90. The molecule has 0 saturated carbocycles. The minimum atomic E-state index is -0.544. The number of aromatic amines is 2. The van der Waals surface area contributed by atoms with Crippen molar-refractivity contribution in [1.82, 2.24) is 15.3 Å². The lowest BCUT2D eigenvalue weighted by molar-refractivity contribution is 0.293. The Morgan fingerprint density at radius 2 is 1.30 bits per heavy atom. The molecule has 0 fully saturated rings. The van der Waals surface area contributed by atoms with Crippen LogP contribution in [0.25, 0.3) is 21.5 Å². The number of fused-ring (bicyclic) bond motifs is 18. The monoisotopic (exact) mass is 606 g/mol. The van der Waals surface area contributed by atoms with E-state index in [4.69, 9.17) is 20.0 Å². The van der Waals surface area contributed by atoms with Crippen LogP contribution in [-0.4, -0.2) is 45.1 Å². The van der Waals surface area contributed by atoms with Crippen molar-refractivity contribution in [3.05, 3.63) is 129 Å². The van der Waals surface area contributed by atoms with Crippen molar-refractivity contribution in [1.29, 1.82) is 0 Å². The normalized spacial score (nSPS) is 17.8. The van der Waals surface area contributed by atoms with Gasteiger partial charge >= 0.3 is 0 Å². The molecule has 5 heterocycles. The predicted octanol–water partition coefficient (Wildman–Crippen LogP) is 4.22. The number of aromatic nitrogens is 2. The number of aliphatic hydroxyl groups excluding tert-OH is 2. The third-order valence-electron chi connectivity index (χ3n) is 9.05. The van der Waals surface area contributed by atoms with E-state index in [9.17, 15) is 10.2 Å². The van der Waals surface area contributed by atoms with E-state index >= 15 is 0 Å². The number of rotatable bonds is 4. The first-order valence-corrected chi connectivity index (χ1v) is 15.5. The maximum absolute atomic E-state index is 9.86. The third kappa shape index (κ3) is 4.18. The van der Waals surface area contributed by atoms with E-state index in [1.54, 1.807) is 0 Å². The van der Waals surface area contributed by atoms with Gasteiger partial charge in [-0.2, -0.15) is 0 Å². The zero-order valence-corrected chi connectivity index (χ0v) is 24.7. The number of benzene rings is 4. The molecule has 4 aromatic carbocycles. The maximum Gasteiger partial charge on any atom is 0.170 e. The number of anilines is 1. The largest absolute Gasteiger partial charge is 0.396 e. The summed E-state index contributed by atoms with van der Waals surface area (Å²) in [7, 11) is 0. The molecule has 46 heavy (non-hydrogen) atoms. The molecule has 0 saturated heterocycles. The van der Waals surface area contributed by atoms with Crippen LogP contribution in [0.5, 0.6) is 0 Å². The van der Waals surface area contributed by atoms with Crippen LogP contribution < -0.4 is 21.6 Å². The van der Waals surface area contributed by atoms with Gasteiger partial charge in [0.15, 0.2) is 6.17 Å². The Morgan fingerprint density at radius 3 is 2.11 bits per heavy atom. The average molecular weight is 607 g/mol. The Bertz CT molecular complexity index is 2380. The van der Waals surface area contributed by atoms with Crippen molar-refractivity contribution >= 4 is 44.9 Å². The summed E-state index contributed by atoms with van der Waals surface area (Å²) in [5, 5.41) is 30.8. The molecular formula is C36H30N8O2. The summed E-state index contributed by atoms with van der Waals surface area (Å²) in [6.07, 6.45) is 0.0259. The second-order valence-corrected chi connectivity index (χ2v) is 11.7. The van der Waals surface area contributed by atoms with Gasteiger partial charge < -0.3 is 30.8 Å². The molecule has 2 atom stereocenters. The SMILES string of the molecule is OCCc1cc2c(cc1CCO)C1N=C2NC2N=C(Nc3[nH]c(c4ccccc34)N=c3[nH]c(c4ccccc34)=N1)c1ccccc12. The highest BCUT2D eigenvalue weighted by Gasteiger charge is 2.32. The minimum absolute atomic E-state index is 0.00940. The number of H-pyrrole nitrogens is 2. The lowest BCUT2D eigenvalue weighted by Crippen LogP contribution is -2.26. The van der Waals surface area contributed by atoms with E-state index in [0.717, 1.165) is 72.4 Å². The number of hydrogen-bond donors (Lipinski definition) is 6. The van der Waals surface area contributed by atoms with Crippen LogP contribution in [0, 0.1) is 0 Å². The molecule has 9 rings (SSSR count). The van der Waals surface area contributed by atoms with Gasteiger partial charge in [-0.15, -0.1) is 0 Å². The van der Waals surface area contributed by atoms with E-state index in [0.29, 0.717) is 29.7 Å². The molecule has 3 aliphatic heterocycles. The molecule has 0 aliphatic carbocycles. The van der Waals surface area contributed by atoms with Crippen LogP contribution in [0.1, 0.15) is 45.7 Å². The molecule has 6 N–H and O–H groups in total. The predicted molar refractivity (Wildman–Crippen MR) is 178 cm³/mol. The van der Waals surface area contributed by atoms with E-state index in [1.165, 1.54) is 0 Å². The van der Waals surface area contributed by atoms with Crippen molar-refractivity contribution < 1.29 is 10.2 Å². The zero-order chi connectivity index (χ0) is 30.8. The molecule has 10 heteroatoms. The summed E-state index contributed by atoms with van der Waals surface area (Å²) in [5.41, 5.74) is 7.23. The van der Waals surface area contributed by atoms with Crippen molar-refractivity contribution in [3.8, 4) is 0 Å². The summed E-state index contributed by atoms with van der Waals surface area (Å²) in [4.78, 5) is 27.6. The van der Waals surface area contributed by atoms with Crippen molar-refractivity contribution in [2.24, 2.45) is 20.0 Å². The number of nitrogens with zero attached hydrogens (tertiary/aromatic N) is 4. The molecular weight excluding hydrogens is 576 g/mol. The van der Waals surface area contributed by atoms with Gasteiger partial charge in [-0.3, -0.25) is 0 Å². The van der Waals surface area contributed by atoms with Gasteiger partial charge in [0, 0.05) is 57.0 Å². The Morgan fingerprint density at radius 1 is 0.609 bits per heavy atom. The first kappa shape index (κ1) is 26.8. The Kier molecular flexibility index (Phi) is 6.12. The van der Waals surface area contributed by atoms with Gasteiger partial charge in [-0.1, -0.05) is 78.9 Å². The van der Waals surface area contributed by atoms with Crippen molar-refractivity contribution in [3.63, 3.8) is 0 Å². The number of hydrogen-bond acceptors (Lipinski definition) is 8. The molecule has 6 aromatic rings. The van der Waals surface area contributed by atoms with Gasteiger partial charge in [0.25, 0.3) is 0 Å². The summed E-state index contributed by atoms with van der Waals surface area (Å²) in [5.74, 6) is 2.96. The number of nitrogens with one attached hydrogen (secondary N) is 4. The summed E-state index contributed by atoms with van der Waals surface area (Å²) in [6.45, 7) is 0.0193. The first-order valence-electron chi connectivity index (χ1n) is 15.5. The molecule has 8 bridgehead atoms. The quantitative estimate of drug-likeness (QED) is 0.178. The van der Waals surface area contributed by atoms with Crippen LogP contribution in [0.15, 0.2) is 105 Å². The number of amidine groups is 2. The highest BCUT2D eigenvalue weighted by Crippen LogP contribution is 2.37. The molecule has 0 amide bonds. The fourth-order valence-corrected chi connectivity index (χ4v) is 6.90. The molecule has 0 radical (unpaired) electrons. The van der Waals surface area contributed by atoms with Crippen LogP contribution in [0.4, 0.5) is 11.6 Å². The van der Waals surface area contributed by atoms with Gasteiger partial charge in [0.1, 0.15) is 40.4 Å². The standard InChI is InChI=1S/C36H30N8O2/c45-15-13-19-17-27-28(18-20(19)14-16-46)36-43-34-26-12-6-4-10-24(26)32(41-34)39-30-22-8-2-1-7-21(22)29(37-30)38-31-23-9-3-5-11-25(23)33(40-31)42-35(27)44-36/h1-12,17-18,33,36-37,45-46H,13-16H2,(H,38,40)(H,42,44)(H,39,41,43). The summed E-state index contributed by atoms with van der Waals surface area (Å²) in [6, 6.07) is 28.6. The van der Waals surface area contributed by atoms with Crippen LogP contribution in [0.2, 0.25) is 0 Å². The lowest BCUT2D eigenvalue weighted by Gasteiger charge is -2.16. The molecule has 0 spiro atoms.